The third-order valence-corrected chi connectivity index (χ3v) is 6.85. The fourth-order valence-electron chi connectivity index (χ4n) is 4.32. The molecular weight excluding hydrogens is 529 g/mol. The number of nitrogens with one attached hydrogen (secondary N) is 3. The van der Waals surface area contributed by atoms with Crippen molar-refractivity contribution in [3.8, 4) is 5.75 Å². The van der Waals surface area contributed by atoms with E-state index >= 15 is 0 Å². The summed E-state index contributed by atoms with van der Waals surface area (Å²) in [4.78, 5) is 37.1. The number of rotatable bonds is 10. The molecule has 1 aliphatic rings. The van der Waals surface area contributed by atoms with E-state index in [1.807, 2.05) is 54.6 Å². The molecule has 3 aromatic rings. The molecule has 2 unspecified atom stereocenters. The number of carbonyl (C=O) groups is 3. The first kappa shape index (κ1) is 27.3. The van der Waals surface area contributed by atoms with Crippen LogP contribution in [0.2, 0.25) is 10.0 Å². The molecule has 198 valence electrons. The number of carboxylic acid groups (broad SMARTS) is 1. The highest BCUT2D eigenvalue weighted by atomic mass is 35.5. The minimum absolute atomic E-state index is 0.0134. The number of hydrogen-bond donors (Lipinski definition) is 4. The van der Waals surface area contributed by atoms with Crippen molar-refractivity contribution in [1.29, 1.82) is 0 Å². The lowest BCUT2D eigenvalue weighted by molar-refractivity contribution is -0.139. The van der Waals surface area contributed by atoms with E-state index in [-0.39, 0.29) is 28.2 Å². The molecule has 0 saturated heterocycles. The number of benzene rings is 3. The van der Waals surface area contributed by atoms with Crippen LogP contribution in [0.25, 0.3) is 0 Å². The van der Waals surface area contributed by atoms with Gasteiger partial charge in [0.05, 0.1) is 34.8 Å². The van der Waals surface area contributed by atoms with Gasteiger partial charge in [0.25, 0.3) is 5.91 Å². The highest BCUT2D eigenvalue weighted by Gasteiger charge is 2.26. The lowest BCUT2D eigenvalue weighted by Crippen LogP contribution is -2.50. The summed E-state index contributed by atoms with van der Waals surface area (Å²) in [6.45, 7) is 0.0423. The van der Waals surface area contributed by atoms with Crippen molar-refractivity contribution < 1.29 is 24.2 Å². The van der Waals surface area contributed by atoms with Crippen LogP contribution in [0.4, 0.5) is 4.79 Å². The maximum Gasteiger partial charge on any atom is 0.328 e. The van der Waals surface area contributed by atoms with Crippen LogP contribution in [0.15, 0.2) is 66.7 Å². The number of urea groups is 1. The highest BCUT2D eigenvalue weighted by molar-refractivity contribution is 6.40. The van der Waals surface area contributed by atoms with Crippen molar-refractivity contribution >= 4 is 41.1 Å². The van der Waals surface area contributed by atoms with E-state index in [1.165, 1.54) is 17.7 Å². The summed E-state index contributed by atoms with van der Waals surface area (Å²) in [6.07, 6.45) is 2.29. The molecule has 0 spiro atoms. The Morgan fingerprint density at radius 1 is 1.00 bits per heavy atom. The Balaban J connectivity index is 1.31. The molecule has 0 radical (unpaired) electrons. The van der Waals surface area contributed by atoms with Crippen molar-refractivity contribution in [3.05, 3.63) is 99.0 Å². The van der Waals surface area contributed by atoms with E-state index in [1.54, 1.807) is 0 Å². The summed E-state index contributed by atoms with van der Waals surface area (Å²) < 4.78 is 5.72. The van der Waals surface area contributed by atoms with E-state index in [2.05, 4.69) is 16.0 Å². The van der Waals surface area contributed by atoms with Crippen molar-refractivity contribution in [2.24, 2.45) is 0 Å². The van der Waals surface area contributed by atoms with Crippen LogP contribution < -0.4 is 20.7 Å². The predicted molar refractivity (Wildman–Crippen MR) is 145 cm³/mol. The van der Waals surface area contributed by atoms with Gasteiger partial charge in [-0.3, -0.25) is 4.79 Å². The molecule has 0 fully saturated rings. The Kier molecular flexibility index (Phi) is 9.10. The van der Waals surface area contributed by atoms with Gasteiger partial charge in [-0.2, -0.15) is 0 Å². The van der Waals surface area contributed by atoms with E-state index in [0.717, 1.165) is 24.0 Å². The van der Waals surface area contributed by atoms with Gasteiger partial charge in [0.15, 0.2) is 0 Å². The first-order valence-electron chi connectivity index (χ1n) is 12.1. The standard InChI is InChI=1S/C28H27Cl2N3O5/c29-21-14-19(38-13-12-17-6-2-1-3-7-17)15-22(30)25(21)26(34)32-24(27(35)36)16-31-28(37)33-23-11-10-18-8-4-5-9-20(18)23/h1-9,14-15,23-24H,10-13,16H2,(H,32,34)(H,35,36)(H2,31,33,37). The van der Waals surface area contributed by atoms with Crippen LogP contribution in [0.1, 0.15) is 39.5 Å². The first-order chi connectivity index (χ1) is 18.3. The number of halogens is 2. The molecule has 0 saturated carbocycles. The molecule has 1 aliphatic carbocycles. The fraction of sp³-hybridized carbons (Fsp3) is 0.250. The number of hydrogen-bond acceptors (Lipinski definition) is 4. The Labute approximate surface area is 230 Å². The second kappa shape index (κ2) is 12.7. The van der Waals surface area contributed by atoms with Crippen molar-refractivity contribution in [1.82, 2.24) is 16.0 Å². The summed E-state index contributed by atoms with van der Waals surface area (Å²) in [7, 11) is 0. The summed E-state index contributed by atoms with van der Waals surface area (Å²) in [6, 6.07) is 18.4. The smallest absolute Gasteiger partial charge is 0.328 e. The predicted octanol–water partition coefficient (Wildman–Crippen LogP) is 4.78. The molecular formula is C28H27Cl2N3O5. The van der Waals surface area contributed by atoms with Crippen LogP contribution in [-0.4, -0.2) is 42.2 Å². The molecule has 10 heteroatoms. The second-order valence-electron chi connectivity index (χ2n) is 8.85. The van der Waals surface area contributed by atoms with Gasteiger partial charge in [-0.1, -0.05) is 77.8 Å². The first-order valence-corrected chi connectivity index (χ1v) is 12.9. The molecule has 3 amide bonds. The molecule has 0 heterocycles. The lowest BCUT2D eigenvalue weighted by Gasteiger charge is -2.19. The number of aryl methyl sites for hydroxylation is 1. The number of amides is 3. The summed E-state index contributed by atoms with van der Waals surface area (Å²) in [5.74, 6) is -1.72. The third-order valence-electron chi connectivity index (χ3n) is 6.25. The second-order valence-corrected chi connectivity index (χ2v) is 9.67. The minimum Gasteiger partial charge on any atom is -0.493 e. The Morgan fingerprint density at radius 2 is 1.68 bits per heavy atom. The third kappa shape index (κ3) is 6.96. The SMILES string of the molecule is O=C(NCC(NC(=O)c1c(Cl)cc(OCCc2ccccc2)cc1Cl)C(=O)O)NC1CCc2ccccc21. The van der Waals surface area contributed by atoms with Gasteiger partial charge in [-0.15, -0.1) is 0 Å². The van der Waals surface area contributed by atoms with Crippen molar-refractivity contribution in [2.75, 3.05) is 13.2 Å². The van der Waals surface area contributed by atoms with Crippen molar-refractivity contribution in [2.45, 2.75) is 31.3 Å². The average molecular weight is 556 g/mol. The van der Waals surface area contributed by atoms with Crippen molar-refractivity contribution in [3.63, 3.8) is 0 Å². The Hall–Kier alpha value is -3.75. The summed E-state index contributed by atoms with van der Waals surface area (Å²) in [5, 5.41) is 17.4. The van der Waals surface area contributed by atoms with E-state index < -0.39 is 23.9 Å². The zero-order valence-electron chi connectivity index (χ0n) is 20.4. The van der Waals surface area contributed by atoms with Gasteiger partial charge >= 0.3 is 12.0 Å². The topological polar surface area (TPSA) is 117 Å². The quantitative estimate of drug-likeness (QED) is 0.287. The Bertz CT molecular complexity index is 1300. The molecule has 4 rings (SSSR count). The van der Waals surface area contributed by atoms with Gasteiger partial charge < -0.3 is 25.8 Å². The van der Waals surface area contributed by atoms with Gasteiger partial charge in [-0.25, -0.2) is 9.59 Å². The number of aliphatic carboxylic acids is 1. The van der Waals surface area contributed by atoms with Crippen LogP contribution in [-0.2, 0) is 17.6 Å². The number of carboxylic acids is 1. The maximum atomic E-state index is 12.9. The molecule has 3 aromatic carbocycles. The maximum absolute atomic E-state index is 12.9. The zero-order valence-corrected chi connectivity index (χ0v) is 21.9. The number of fused-ring (bicyclic) bond motifs is 1. The largest absolute Gasteiger partial charge is 0.493 e. The molecule has 8 nitrogen and oxygen atoms in total. The van der Waals surface area contributed by atoms with Crippen LogP contribution in [0, 0.1) is 0 Å². The normalized spacial score (nSPS) is 14.7. The average Bonchev–Trinajstić information content (AvgIpc) is 3.29. The molecule has 0 aromatic heterocycles. The number of carbonyl (C=O) groups excluding carboxylic acids is 2. The van der Waals surface area contributed by atoms with Gasteiger partial charge in [0.1, 0.15) is 11.8 Å². The highest BCUT2D eigenvalue weighted by Crippen LogP contribution is 2.31. The molecule has 0 aliphatic heterocycles. The summed E-state index contributed by atoms with van der Waals surface area (Å²) >= 11 is 12.6. The minimum atomic E-state index is -1.40. The summed E-state index contributed by atoms with van der Waals surface area (Å²) in [5.41, 5.74) is 3.25. The molecule has 38 heavy (non-hydrogen) atoms. The van der Waals surface area contributed by atoms with E-state index in [0.29, 0.717) is 18.8 Å². The van der Waals surface area contributed by atoms with Crippen LogP contribution in [0.3, 0.4) is 0 Å². The van der Waals surface area contributed by atoms with Gasteiger partial charge in [0, 0.05) is 6.42 Å². The molecule has 4 N–H and O–H groups in total. The monoisotopic (exact) mass is 555 g/mol. The van der Waals surface area contributed by atoms with E-state index in [9.17, 15) is 19.5 Å². The fourth-order valence-corrected chi connectivity index (χ4v) is 4.96. The van der Waals surface area contributed by atoms with Crippen LogP contribution >= 0.6 is 23.2 Å². The Morgan fingerprint density at radius 3 is 2.39 bits per heavy atom. The zero-order chi connectivity index (χ0) is 27.1. The van der Waals surface area contributed by atoms with Gasteiger partial charge in [0.2, 0.25) is 0 Å². The molecule has 0 bridgehead atoms. The van der Waals surface area contributed by atoms with Gasteiger partial charge in [-0.05, 0) is 41.7 Å². The lowest BCUT2D eigenvalue weighted by atomic mass is 10.1. The molecule has 2 atom stereocenters. The number of ether oxygens (including phenoxy) is 1. The van der Waals surface area contributed by atoms with Crippen LogP contribution in [0.5, 0.6) is 5.75 Å². The van der Waals surface area contributed by atoms with E-state index in [4.69, 9.17) is 27.9 Å².